The van der Waals surface area contributed by atoms with Crippen molar-refractivity contribution in [1.29, 1.82) is 0 Å². The summed E-state index contributed by atoms with van der Waals surface area (Å²) >= 11 is 1.72. The van der Waals surface area contributed by atoms with Crippen LogP contribution in [0.2, 0.25) is 0 Å². The molecule has 116 valence electrons. The Hall–Kier alpha value is -0.640. The van der Waals surface area contributed by atoms with Crippen LogP contribution in [0.15, 0.2) is 11.4 Å². The van der Waals surface area contributed by atoms with Crippen molar-refractivity contribution in [1.82, 2.24) is 9.80 Å². The van der Waals surface area contributed by atoms with Gasteiger partial charge in [-0.25, -0.2) is 0 Å². The Bertz CT molecular complexity index is 369. The first kappa shape index (κ1) is 17.4. The van der Waals surface area contributed by atoms with Gasteiger partial charge in [-0.3, -0.25) is 4.79 Å². The first-order valence-electron chi connectivity index (χ1n) is 7.45. The summed E-state index contributed by atoms with van der Waals surface area (Å²) in [5.74, 6) is 1.85. The second kappa shape index (κ2) is 7.39. The van der Waals surface area contributed by atoms with Crippen molar-refractivity contribution in [2.45, 2.75) is 40.0 Å². The van der Waals surface area contributed by atoms with E-state index in [0.29, 0.717) is 11.2 Å². The van der Waals surface area contributed by atoms with Crippen molar-refractivity contribution in [3.63, 3.8) is 0 Å². The highest BCUT2D eigenvalue weighted by Crippen LogP contribution is 2.25. The summed E-state index contributed by atoms with van der Waals surface area (Å²) in [6, 6.07) is 0. The number of rotatable bonds is 6. The Balaban J connectivity index is 2.59. The van der Waals surface area contributed by atoms with Gasteiger partial charge in [0, 0.05) is 33.4 Å². The molecule has 0 radical (unpaired) electrons. The Morgan fingerprint density at radius 3 is 2.30 bits per heavy atom. The zero-order valence-corrected chi connectivity index (χ0v) is 14.8. The largest absolute Gasteiger partial charge is 0.379 e. The predicted molar refractivity (Wildman–Crippen MR) is 89.0 cm³/mol. The normalized spacial score (nSPS) is 16.6. The summed E-state index contributed by atoms with van der Waals surface area (Å²) in [6.45, 7) is 7.82. The van der Waals surface area contributed by atoms with Gasteiger partial charge in [0.1, 0.15) is 5.70 Å². The number of ketones is 1. The van der Waals surface area contributed by atoms with Crippen LogP contribution in [0.1, 0.15) is 40.0 Å². The van der Waals surface area contributed by atoms with E-state index >= 15 is 0 Å². The van der Waals surface area contributed by atoms with Crippen molar-refractivity contribution in [3.05, 3.63) is 11.4 Å². The molecule has 0 spiro atoms. The molecule has 0 aliphatic carbocycles. The van der Waals surface area contributed by atoms with Gasteiger partial charge in [0.25, 0.3) is 0 Å². The summed E-state index contributed by atoms with van der Waals surface area (Å²) in [5, 5.41) is 0. The quantitative estimate of drug-likeness (QED) is 0.703. The van der Waals surface area contributed by atoms with Gasteiger partial charge in [0.05, 0.1) is 11.4 Å². The molecule has 1 heterocycles. The summed E-state index contributed by atoms with van der Waals surface area (Å²) in [5.41, 5.74) is 2.51. The first-order chi connectivity index (χ1) is 9.22. The van der Waals surface area contributed by atoms with Crippen molar-refractivity contribution < 1.29 is 4.79 Å². The van der Waals surface area contributed by atoms with Gasteiger partial charge in [-0.05, 0) is 18.3 Å². The molecule has 0 saturated carbocycles. The number of thioether (sulfide) groups is 1. The predicted octanol–water partition coefficient (Wildman–Crippen LogP) is 3.22. The zero-order chi connectivity index (χ0) is 15.3. The van der Waals surface area contributed by atoms with Crippen LogP contribution < -0.4 is 0 Å². The number of carbonyl (C=O) groups excluding carboxylic acids is 1. The highest BCUT2D eigenvalue weighted by atomic mass is 32.2. The van der Waals surface area contributed by atoms with E-state index < -0.39 is 0 Å². The fourth-order valence-electron chi connectivity index (χ4n) is 2.43. The van der Waals surface area contributed by atoms with Gasteiger partial charge in [-0.2, -0.15) is 0 Å². The number of nitrogens with zero attached hydrogens (tertiary/aromatic N) is 2. The fourth-order valence-corrected chi connectivity index (χ4v) is 3.44. The summed E-state index contributed by atoms with van der Waals surface area (Å²) in [6.07, 6.45) is 3.62. The second-order valence-electron chi connectivity index (χ2n) is 7.05. The van der Waals surface area contributed by atoms with Crippen LogP contribution in [0, 0.1) is 5.41 Å². The minimum atomic E-state index is 0.281. The molecule has 4 heteroatoms. The van der Waals surface area contributed by atoms with Gasteiger partial charge in [-0.1, -0.05) is 27.2 Å². The van der Waals surface area contributed by atoms with Gasteiger partial charge in [-0.15, -0.1) is 11.8 Å². The molecule has 1 aliphatic rings. The Kier molecular flexibility index (Phi) is 6.44. The molecule has 0 unspecified atom stereocenters. The van der Waals surface area contributed by atoms with E-state index in [-0.39, 0.29) is 5.78 Å². The summed E-state index contributed by atoms with van der Waals surface area (Å²) in [4.78, 5) is 16.5. The zero-order valence-electron chi connectivity index (χ0n) is 14.0. The average Bonchev–Trinajstić information content (AvgIpc) is 2.32. The molecular formula is C16H30N2OS. The number of Topliss-reactive ketones (excluding diaryl/α,β-unsaturated/α-hetero) is 1. The van der Waals surface area contributed by atoms with E-state index in [1.165, 1.54) is 18.5 Å². The number of allylic oxidation sites excluding steroid dienone is 1. The maximum Gasteiger partial charge on any atom is 0.190 e. The third-order valence-electron chi connectivity index (χ3n) is 3.60. The molecule has 0 fully saturated rings. The monoisotopic (exact) mass is 298 g/mol. The van der Waals surface area contributed by atoms with Crippen molar-refractivity contribution in [2.75, 3.05) is 39.2 Å². The van der Waals surface area contributed by atoms with Crippen LogP contribution in [0.4, 0.5) is 0 Å². The molecule has 1 aliphatic heterocycles. The van der Waals surface area contributed by atoms with E-state index in [9.17, 15) is 4.79 Å². The molecule has 0 amide bonds. The highest BCUT2D eigenvalue weighted by molar-refractivity contribution is 8.00. The Labute approximate surface area is 128 Å². The van der Waals surface area contributed by atoms with Gasteiger partial charge in [0.2, 0.25) is 0 Å². The number of hydrogen-bond donors (Lipinski definition) is 0. The summed E-state index contributed by atoms with van der Waals surface area (Å²) in [7, 11) is 6.12. The highest BCUT2D eigenvalue weighted by Gasteiger charge is 2.25. The smallest absolute Gasteiger partial charge is 0.190 e. The average molecular weight is 298 g/mol. The topological polar surface area (TPSA) is 23.6 Å². The molecule has 20 heavy (non-hydrogen) atoms. The van der Waals surface area contributed by atoms with Crippen LogP contribution >= 0.6 is 11.8 Å². The van der Waals surface area contributed by atoms with Crippen molar-refractivity contribution >= 4 is 17.5 Å². The number of unbranched alkanes of at least 4 members (excludes halogenated alkanes) is 1. The molecule has 0 aromatic rings. The molecule has 0 aromatic heterocycles. The second-order valence-corrected chi connectivity index (χ2v) is 8.03. The van der Waals surface area contributed by atoms with E-state index in [1.807, 2.05) is 14.1 Å². The molecule has 0 N–H and O–H groups in total. The van der Waals surface area contributed by atoms with E-state index in [4.69, 9.17) is 0 Å². The Morgan fingerprint density at radius 2 is 1.75 bits per heavy atom. The third kappa shape index (κ3) is 5.39. The SMILES string of the molecule is CN(C)C1=C(N(C)CCCCC(C)(C)C)C(=O)CSC1. The Morgan fingerprint density at radius 1 is 1.10 bits per heavy atom. The van der Waals surface area contributed by atoms with Crippen molar-refractivity contribution in [2.24, 2.45) is 5.41 Å². The van der Waals surface area contributed by atoms with Crippen LogP contribution in [-0.4, -0.2) is 54.8 Å². The van der Waals surface area contributed by atoms with Gasteiger partial charge < -0.3 is 9.80 Å². The van der Waals surface area contributed by atoms with E-state index in [2.05, 4.69) is 37.6 Å². The van der Waals surface area contributed by atoms with Crippen LogP contribution in [0.3, 0.4) is 0 Å². The van der Waals surface area contributed by atoms with E-state index in [1.54, 1.807) is 11.8 Å². The van der Waals surface area contributed by atoms with Gasteiger partial charge in [0.15, 0.2) is 5.78 Å². The molecule has 3 nitrogen and oxygen atoms in total. The van der Waals surface area contributed by atoms with Crippen LogP contribution in [-0.2, 0) is 4.79 Å². The number of hydrogen-bond acceptors (Lipinski definition) is 4. The maximum atomic E-state index is 12.2. The maximum absolute atomic E-state index is 12.2. The van der Waals surface area contributed by atoms with Crippen LogP contribution in [0.25, 0.3) is 0 Å². The lowest BCUT2D eigenvalue weighted by atomic mass is 9.90. The third-order valence-corrected chi connectivity index (χ3v) is 4.55. The molecule has 0 atom stereocenters. The minimum Gasteiger partial charge on any atom is -0.379 e. The fraction of sp³-hybridized carbons (Fsp3) is 0.812. The lowest BCUT2D eigenvalue weighted by Crippen LogP contribution is -2.34. The minimum absolute atomic E-state index is 0.281. The lowest BCUT2D eigenvalue weighted by molar-refractivity contribution is -0.114. The lowest BCUT2D eigenvalue weighted by Gasteiger charge is -2.31. The van der Waals surface area contributed by atoms with Crippen molar-refractivity contribution in [3.8, 4) is 0 Å². The standard InChI is InChI=1S/C16H30N2OS/c1-16(2,3)9-7-8-10-18(6)15-13(17(4)5)11-20-12-14(15)19/h7-12H2,1-6H3. The number of likely N-dealkylation sites (N-methyl/N-ethyl adjacent to an activating group) is 1. The molecule has 0 saturated heterocycles. The first-order valence-corrected chi connectivity index (χ1v) is 8.60. The van der Waals surface area contributed by atoms with E-state index in [0.717, 1.165) is 24.4 Å². The summed E-state index contributed by atoms with van der Waals surface area (Å²) < 4.78 is 0. The molecular weight excluding hydrogens is 268 g/mol. The van der Waals surface area contributed by atoms with Crippen LogP contribution in [0.5, 0.6) is 0 Å². The molecule has 0 bridgehead atoms. The van der Waals surface area contributed by atoms with Gasteiger partial charge >= 0.3 is 0 Å². The molecule has 1 rings (SSSR count). The number of carbonyl (C=O) groups is 1. The molecule has 0 aromatic carbocycles.